The third kappa shape index (κ3) is 3.18. The van der Waals surface area contributed by atoms with E-state index >= 15 is 0 Å². The molecular formula is C15H10F2N2O. The highest BCUT2D eigenvalue weighted by Crippen LogP contribution is 2.10. The molecule has 5 heteroatoms. The molecule has 2 aromatic carbocycles. The van der Waals surface area contributed by atoms with Crippen LogP contribution in [-0.2, 0) is 6.54 Å². The van der Waals surface area contributed by atoms with Crippen molar-refractivity contribution >= 4 is 5.91 Å². The van der Waals surface area contributed by atoms with Crippen molar-refractivity contribution in [2.45, 2.75) is 6.54 Å². The second-order valence-electron chi connectivity index (χ2n) is 4.11. The van der Waals surface area contributed by atoms with Gasteiger partial charge in [0.1, 0.15) is 11.6 Å². The molecule has 3 nitrogen and oxygen atoms in total. The van der Waals surface area contributed by atoms with E-state index in [-0.39, 0.29) is 12.1 Å². The van der Waals surface area contributed by atoms with Crippen LogP contribution >= 0.6 is 0 Å². The van der Waals surface area contributed by atoms with E-state index in [1.807, 2.05) is 6.07 Å². The topological polar surface area (TPSA) is 52.9 Å². The molecule has 0 saturated carbocycles. The lowest BCUT2D eigenvalue weighted by Gasteiger charge is -2.06. The molecule has 0 aromatic heterocycles. The number of nitrogens with one attached hydrogen (secondary N) is 1. The van der Waals surface area contributed by atoms with Crippen molar-refractivity contribution in [1.82, 2.24) is 5.32 Å². The highest BCUT2D eigenvalue weighted by molar-refractivity contribution is 5.94. The number of halogens is 2. The Kier molecular flexibility index (Phi) is 4.06. The van der Waals surface area contributed by atoms with Gasteiger partial charge >= 0.3 is 0 Å². The fourth-order valence-corrected chi connectivity index (χ4v) is 1.67. The molecule has 0 aliphatic carbocycles. The van der Waals surface area contributed by atoms with E-state index in [2.05, 4.69) is 5.32 Å². The minimum Gasteiger partial charge on any atom is -0.348 e. The van der Waals surface area contributed by atoms with Gasteiger partial charge in [-0.1, -0.05) is 12.1 Å². The molecule has 0 aliphatic rings. The average Bonchev–Trinajstić information content (AvgIpc) is 2.46. The number of nitrogens with zero attached hydrogens (tertiary/aromatic N) is 1. The zero-order valence-corrected chi connectivity index (χ0v) is 10.4. The lowest BCUT2D eigenvalue weighted by atomic mass is 10.1. The van der Waals surface area contributed by atoms with Crippen molar-refractivity contribution in [1.29, 1.82) is 5.26 Å². The first-order valence-electron chi connectivity index (χ1n) is 5.82. The van der Waals surface area contributed by atoms with Crippen LogP contribution in [0.25, 0.3) is 0 Å². The van der Waals surface area contributed by atoms with E-state index in [0.717, 1.165) is 12.1 Å². The largest absolute Gasteiger partial charge is 0.348 e. The van der Waals surface area contributed by atoms with E-state index in [4.69, 9.17) is 5.26 Å². The summed E-state index contributed by atoms with van der Waals surface area (Å²) in [5, 5.41) is 11.3. The minimum absolute atomic E-state index is 0.0538. The quantitative estimate of drug-likeness (QED) is 0.934. The van der Waals surface area contributed by atoms with Crippen molar-refractivity contribution < 1.29 is 13.6 Å². The van der Waals surface area contributed by atoms with Crippen LogP contribution in [0, 0.1) is 23.0 Å². The molecule has 0 atom stereocenters. The average molecular weight is 272 g/mol. The Balaban J connectivity index is 2.07. The SMILES string of the molecule is N#Cc1cccc(C(=O)NCc2ccc(F)cc2F)c1. The maximum Gasteiger partial charge on any atom is 0.251 e. The van der Waals surface area contributed by atoms with Crippen LogP contribution < -0.4 is 5.32 Å². The Labute approximate surface area is 114 Å². The number of nitriles is 1. The number of benzene rings is 2. The van der Waals surface area contributed by atoms with Crippen LogP contribution in [0.1, 0.15) is 21.5 Å². The molecule has 0 bridgehead atoms. The fourth-order valence-electron chi connectivity index (χ4n) is 1.67. The Bertz CT molecular complexity index is 693. The number of carbonyl (C=O) groups excluding carboxylic acids is 1. The molecule has 2 aromatic rings. The standard InChI is InChI=1S/C15H10F2N2O/c16-13-5-4-12(14(17)7-13)9-19-15(20)11-3-1-2-10(6-11)8-18/h1-7H,9H2,(H,19,20). The molecule has 0 unspecified atom stereocenters. The summed E-state index contributed by atoms with van der Waals surface area (Å²) in [5.41, 5.74) is 0.869. The third-order valence-electron chi connectivity index (χ3n) is 2.71. The van der Waals surface area contributed by atoms with Crippen molar-refractivity contribution in [3.05, 3.63) is 70.8 Å². The monoisotopic (exact) mass is 272 g/mol. The molecule has 1 N–H and O–H groups in total. The van der Waals surface area contributed by atoms with Crippen LogP contribution in [0.2, 0.25) is 0 Å². The lowest BCUT2D eigenvalue weighted by Crippen LogP contribution is -2.23. The number of rotatable bonds is 3. The van der Waals surface area contributed by atoms with Gasteiger partial charge < -0.3 is 5.32 Å². The van der Waals surface area contributed by atoms with Gasteiger partial charge in [-0.15, -0.1) is 0 Å². The summed E-state index contributed by atoms with van der Waals surface area (Å²) in [6, 6.07) is 11.3. The molecule has 1 amide bonds. The van der Waals surface area contributed by atoms with Gasteiger partial charge in [0.05, 0.1) is 11.6 Å². The second kappa shape index (κ2) is 5.93. The van der Waals surface area contributed by atoms with Crippen LogP contribution in [0.4, 0.5) is 8.78 Å². The number of hydrogen-bond acceptors (Lipinski definition) is 2. The third-order valence-corrected chi connectivity index (χ3v) is 2.71. The maximum atomic E-state index is 13.4. The van der Waals surface area contributed by atoms with Crippen LogP contribution in [0.15, 0.2) is 42.5 Å². The number of hydrogen-bond donors (Lipinski definition) is 1. The van der Waals surface area contributed by atoms with Gasteiger partial charge in [0.25, 0.3) is 5.91 Å². The molecule has 0 spiro atoms. The Morgan fingerprint density at radius 1 is 1.20 bits per heavy atom. The Morgan fingerprint density at radius 3 is 2.70 bits per heavy atom. The van der Waals surface area contributed by atoms with Gasteiger partial charge in [-0.05, 0) is 24.3 Å². The first kappa shape index (κ1) is 13.7. The Morgan fingerprint density at radius 2 is 2.00 bits per heavy atom. The lowest BCUT2D eigenvalue weighted by molar-refractivity contribution is 0.0950. The van der Waals surface area contributed by atoms with Crippen molar-refractivity contribution in [3.63, 3.8) is 0 Å². The molecule has 0 radical (unpaired) electrons. The normalized spacial score (nSPS) is 9.85. The molecule has 0 fully saturated rings. The smallest absolute Gasteiger partial charge is 0.251 e. The van der Waals surface area contributed by atoms with Crippen LogP contribution in [0.5, 0.6) is 0 Å². The summed E-state index contributed by atoms with van der Waals surface area (Å²) in [5.74, 6) is -1.80. The zero-order chi connectivity index (χ0) is 14.5. The fraction of sp³-hybridized carbons (Fsp3) is 0.0667. The summed E-state index contributed by atoms with van der Waals surface area (Å²) in [6.45, 7) is -0.0538. The van der Waals surface area contributed by atoms with Crippen molar-refractivity contribution in [3.8, 4) is 6.07 Å². The van der Waals surface area contributed by atoms with Gasteiger partial charge in [-0.3, -0.25) is 4.79 Å². The van der Waals surface area contributed by atoms with Crippen molar-refractivity contribution in [2.75, 3.05) is 0 Å². The van der Waals surface area contributed by atoms with E-state index < -0.39 is 17.5 Å². The predicted molar refractivity (Wildman–Crippen MR) is 68.7 cm³/mol. The highest BCUT2D eigenvalue weighted by Gasteiger charge is 2.08. The first-order chi connectivity index (χ1) is 9.60. The van der Waals surface area contributed by atoms with Crippen LogP contribution in [-0.4, -0.2) is 5.91 Å². The zero-order valence-electron chi connectivity index (χ0n) is 10.4. The van der Waals surface area contributed by atoms with Gasteiger partial charge in [0.15, 0.2) is 0 Å². The summed E-state index contributed by atoms with van der Waals surface area (Å²) in [7, 11) is 0. The van der Waals surface area contributed by atoms with Gasteiger partial charge in [0, 0.05) is 23.7 Å². The molecule has 0 heterocycles. The highest BCUT2D eigenvalue weighted by atomic mass is 19.1. The number of amides is 1. The summed E-state index contributed by atoms with van der Waals surface area (Å²) < 4.78 is 26.1. The van der Waals surface area contributed by atoms with E-state index in [9.17, 15) is 13.6 Å². The van der Waals surface area contributed by atoms with Crippen LogP contribution in [0.3, 0.4) is 0 Å². The summed E-state index contributed by atoms with van der Waals surface area (Å²) in [4.78, 5) is 11.8. The maximum absolute atomic E-state index is 13.4. The first-order valence-corrected chi connectivity index (χ1v) is 5.82. The van der Waals surface area contributed by atoms with Gasteiger partial charge in [0.2, 0.25) is 0 Å². The van der Waals surface area contributed by atoms with Crippen molar-refractivity contribution in [2.24, 2.45) is 0 Å². The van der Waals surface area contributed by atoms with E-state index in [1.165, 1.54) is 12.1 Å². The van der Waals surface area contributed by atoms with E-state index in [1.54, 1.807) is 18.2 Å². The van der Waals surface area contributed by atoms with Gasteiger partial charge in [-0.25, -0.2) is 8.78 Å². The second-order valence-corrected chi connectivity index (χ2v) is 4.11. The molecular weight excluding hydrogens is 262 g/mol. The predicted octanol–water partition coefficient (Wildman–Crippen LogP) is 2.77. The molecule has 0 aliphatic heterocycles. The molecule has 20 heavy (non-hydrogen) atoms. The summed E-state index contributed by atoms with van der Waals surface area (Å²) >= 11 is 0. The molecule has 2 rings (SSSR count). The molecule has 100 valence electrons. The minimum atomic E-state index is -0.712. The Hall–Kier alpha value is -2.74. The summed E-state index contributed by atoms with van der Waals surface area (Å²) in [6.07, 6.45) is 0. The molecule has 0 saturated heterocycles. The van der Waals surface area contributed by atoms with E-state index in [0.29, 0.717) is 11.1 Å². The van der Waals surface area contributed by atoms with Gasteiger partial charge in [-0.2, -0.15) is 5.26 Å². The number of carbonyl (C=O) groups is 1.